The van der Waals surface area contributed by atoms with Crippen LogP contribution in [0.15, 0.2) is 60.8 Å². The highest BCUT2D eigenvalue weighted by molar-refractivity contribution is 5.76. The number of hydrogen-bond acceptors (Lipinski definition) is 3. The lowest BCUT2D eigenvalue weighted by Crippen LogP contribution is -2.45. The van der Waals surface area contributed by atoms with E-state index in [0.717, 1.165) is 44.9 Å². The highest BCUT2D eigenvalue weighted by Crippen LogP contribution is 2.14. The molecule has 0 saturated carbocycles. The van der Waals surface area contributed by atoms with Gasteiger partial charge in [0, 0.05) is 6.42 Å². The van der Waals surface area contributed by atoms with Crippen molar-refractivity contribution in [2.45, 2.75) is 231 Å². The molecular weight excluding hydrogens is 639 g/mol. The minimum Gasteiger partial charge on any atom is -0.394 e. The minimum atomic E-state index is -0.872. The molecule has 0 aliphatic carbocycles. The van der Waals surface area contributed by atoms with Crippen molar-refractivity contribution in [2.75, 3.05) is 6.61 Å². The van der Waals surface area contributed by atoms with Crippen molar-refractivity contribution in [1.29, 1.82) is 0 Å². The maximum absolute atomic E-state index is 12.4. The number of nitrogens with one attached hydrogen (secondary N) is 1. The molecule has 0 aromatic rings. The van der Waals surface area contributed by atoms with Crippen LogP contribution < -0.4 is 5.32 Å². The van der Waals surface area contributed by atoms with Gasteiger partial charge in [0.05, 0.1) is 18.8 Å². The average molecular weight is 726 g/mol. The van der Waals surface area contributed by atoms with Crippen LogP contribution in [-0.2, 0) is 4.79 Å². The van der Waals surface area contributed by atoms with E-state index < -0.39 is 12.1 Å². The van der Waals surface area contributed by atoms with Gasteiger partial charge in [-0.2, -0.15) is 0 Å². The molecule has 0 fully saturated rings. The third kappa shape index (κ3) is 39.3. The predicted octanol–water partition coefficient (Wildman–Crippen LogP) is 14.1. The fourth-order valence-electron chi connectivity index (χ4n) is 6.47. The van der Waals surface area contributed by atoms with Gasteiger partial charge in [-0.25, -0.2) is 0 Å². The summed E-state index contributed by atoms with van der Waals surface area (Å²) in [5.41, 5.74) is 0. The second-order valence-corrected chi connectivity index (χ2v) is 15.1. The summed E-state index contributed by atoms with van der Waals surface area (Å²) in [6.45, 7) is 4.27. The van der Waals surface area contributed by atoms with E-state index in [9.17, 15) is 15.0 Å². The van der Waals surface area contributed by atoms with E-state index in [2.05, 4.69) is 67.8 Å². The van der Waals surface area contributed by atoms with Gasteiger partial charge in [-0.3, -0.25) is 4.79 Å². The Morgan fingerprint density at radius 1 is 0.462 bits per heavy atom. The molecule has 0 aromatic heterocycles. The van der Waals surface area contributed by atoms with E-state index in [0.29, 0.717) is 6.42 Å². The predicted molar refractivity (Wildman–Crippen MR) is 230 cm³/mol. The molecule has 2 unspecified atom stereocenters. The molecule has 2 atom stereocenters. The second kappa shape index (κ2) is 43.5. The summed E-state index contributed by atoms with van der Waals surface area (Å²) in [4.78, 5) is 12.4. The third-order valence-corrected chi connectivity index (χ3v) is 9.95. The first-order valence-corrected chi connectivity index (χ1v) is 22.5. The number of aliphatic hydroxyl groups excluding tert-OH is 2. The van der Waals surface area contributed by atoms with E-state index in [1.54, 1.807) is 6.08 Å². The number of rotatable bonds is 40. The summed E-state index contributed by atoms with van der Waals surface area (Å²) in [6, 6.07) is -0.648. The van der Waals surface area contributed by atoms with Crippen LogP contribution in [0.2, 0.25) is 0 Å². The summed E-state index contributed by atoms with van der Waals surface area (Å²) in [5, 5.41) is 23.0. The number of carbonyl (C=O) groups excluding carboxylic acids is 1. The molecule has 0 radical (unpaired) electrons. The van der Waals surface area contributed by atoms with Crippen molar-refractivity contribution in [3.63, 3.8) is 0 Å². The fraction of sp³-hybridized carbons (Fsp3) is 0.771. The van der Waals surface area contributed by atoms with Crippen LogP contribution in [-0.4, -0.2) is 34.9 Å². The lowest BCUT2D eigenvalue weighted by Gasteiger charge is -2.19. The first kappa shape index (κ1) is 50.1. The Morgan fingerprint density at radius 3 is 1.23 bits per heavy atom. The Balaban J connectivity index is 3.63. The topological polar surface area (TPSA) is 69.6 Å². The number of aliphatic hydroxyl groups is 2. The first-order chi connectivity index (χ1) is 25.7. The lowest BCUT2D eigenvalue weighted by atomic mass is 10.0. The Bertz CT molecular complexity index is 873. The van der Waals surface area contributed by atoms with Gasteiger partial charge >= 0.3 is 0 Å². The van der Waals surface area contributed by atoms with Crippen LogP contribution in [0.25, 0.3) is 0 Å². The molecule has 4 nitrogen and oxygen atoms in total. The molecule has 0 saturated heterocycles. The molecule has 0 rings (SSSR count). The van der Waals surface area contributed by atoms with Crippen LogP contribution in [0.1, 0.15) is 219 Å². The second-order valence-electron chi connectivity index (χ2n) is 15.1. The van der Waals surface area contributed by atoms with Gasteiger partial charge in [-0.15, -0.1) is 0 Å². The van der Waals surface area contributed by atoms with Gasteiger partial charge in [0.1, 0.15) is 0 Å². The fourth-order valence-corrected chi connectivity index (χ4v) is 6.47. The summed E-state index contributed by atoms with van der Waals surface area (Å²) < 4.78 is 0. The summed E-state index contributed by atoms with van der Waals surface area (Å²) in [6.07, 6.45) is 60.4. The molecule has 0 spiro atoms. The third-order valence-electron chi connectivity index (χ3n) is 9.95. The molecule has 0 aliphatic rings. The quantitative estimate of drug-likeness (QED) is 0.0435. The van der Waals surface area contributed by atoms with E-state index in [-0.39, 0.29) is 12.5 Å². The van der Waals surface area contributed by atoms with Crippen molar-refractivity contribution >= 4 is 5.91 Å². The Labute approximate surface area is 324 Å². The zero-order chi connectivity index (χ0) is 37.8. The van der Waals surface area contributed by atoms with Crippen molar-refractivity contribution in [1.82, 2.24) is 5.32 Å². The minimum absolute atomic E-state index is 0.0817. The molecule has 0 bridgehead atoms. The molecule has 52 heavy (non-hydrogen) atoms. The molecular formula is C48H87NO3. The summed E-state index contributed by atoms with van der Waals surface area (Å²) in [7, 11) is 0. The molecule has 0 aromatic carbocycles. The Morgan fingerprint density at radius 2 is 0.808 bits per heavy atom. The zero-order valence-electron chi connectivity index (χ0n) is 34.6. The van der Waals surface area contributed by atoms with Crippen molar-refractivity contribution < 1.29 is 15.0 Å². The number of carbonyl (C=O) groups is 1. The number of amides is 1. The molecule has 3 N–H and O–H groups in total. The van der Waals surface area contributed by atoms with E-state index in [4.69, 9.17) is 0 Å². The van der Waals surface area contributed by atoms with Crippen LogP contribution >= 0.6 is 0 Å². The van der Waals surface area contributed by atoms with Crippen LogP contribution in [0.4, 0.5) is 0 Å². The number of unbranched alkanes of at least 4 members (excludes halogenated alkanes) is 25. The first-order valence-electron chi connectivity index (χ1n) is 22.5. The van der Waals surface area contributed by atoms with Gasteiger partial charge in [-0.05, 0) is 77.0 Å². The zero-order valence-corrected chi connectivity index (χ0v) is 34.6. The number of hydrogen-bond donors (Lipinski definition) is 3. The van der Waals surface area contributed by atoms with Crippen molar-refractivity contribution in [3.8, 4) is 0 Å². The molecule has 0 heterocycles. The molecule has 302 valence electrons. The van der Waals surface area contributed by atoms with E-state index in [1.807, 2.05) is 6.08 Å². The van der Waals surface area contributed by atoms with Gasteiger partial charge < -0.3 is 15.5 Å². The van der Waals surface area contributed by atoms with Gasteiger partial charge in [0.2, 0.25) is 5.91 Å². The maximum atomic E-state index is 12.4. The van der Waals surface area contributed by atoms with Gasteiger partial charge in [0.15, 0.2) is 0 Å². The molecule has 4 heteroatoms. The SMILES string of the molecule is CCCCCCC/C=C\C/C=C\CCCCCCCCCCCCCC(=O)NC(CO)C(O)/C=C/CC/C=C/CC/C=C/CCCCCCCCC. The molecule has 1 amide bonds. The number of allylic oxidation sites excluding steroid dienone is 9. The summed E-state index contributed by atoms with van der Waals surface area (Å²) in [5.74, 6) is -0.0817. The maximum Gasteiger partial charge on any atom is 0.220 e. The van der Waals surface area contributed by atoms with E-state index >= 15 is 0 Å². The monoisotopic (exact) mass is 726 g/mol. The molecule has 0 aliphatic heterocycles. The Hall–Kier alpha value is -1.91. The Kier molecular flexibility index (Phi) is 41.9. The highest BCUT2D eigenvalue weighted by Gasteiger charge is 2.17. The van der Waals surface area contributed by atoms with Crippen LogP contribution in [0, 0.1) is 0 Å². The van der Waals surface area contributed by atoms with Gasteiger partial charge in [0.25, 0.3) is 0 Å². The standard InChI is InChI=1S/C48H87NO3/c1-3-5-7-9-11-13-15-17-19-21-22-23-24-25-26-28-30-32-34-36-38-40-42-44-48(52)49-46(45-50)47(51)43-41-39-37-35-33-31-29-27-20-18-16-14-12-10-8-6-4-2/h15,17,20-22,27,33,35,41,43,46-47,50-51H,3-14,16,18-19,23-26,28-32,34,36-40,42,44-45H2,1-2H3,(H,49,52)/b17-15-,22-21-,27-20+,35-33+,43-41+. The lowest BCUT2D eigenvalue weighted by molar-refractivity contribution is -0.123. The van der Waals surface area contributed by atoms with Crippen molar-refractivity contribution in [3.05, 3.63) is 60.8 Å². The largest absolute Gasteiger partial charge is 0.394 e. The normalized spacial score (nSPS) is 13.5. The van der Waals surface area contributed by atoms with Crippen LogP contribution in [0.3, 0.4) is 0 Å². The highest BCUT2D eigenvalue weighted by atomic mass is 16.3. The summed E-state index contributed by atoms with van der Waals surface area (Å²) >= 11 is 0. The average Bonchev–Trinajstić information content (AvgIpc) is 3.15. The van der Waals surface area contributed by atoms with E-state index in [1.165, 1.54) is 154 Å². The smallest absolute Gasteiger partial charge is 0.220 e. The van der Waals surface area contributed by atoms with Crippen LogP contribution in [0.5, 0.6) is 0 Å². The van der Waals surface area contributed by atoms with Gasteiger partial charge in [-0.1, -0.05) is 197 Å². The van der Waals surface area contributed by atoms with Crippen molar-refractivity contribution in [2.24, 2.45) is 0 Å².